The molecule has 4 aromatic heterocycles. The Morgan fingerprint density at radius 1 is 0.182 bits per heavy atom. The first-order chi connectivity index (χ1) is 54.5. The minimum Gasteiger partial charge on any atom is -0.456 e. The third kappa shape index (κ3) is 10.9. The Hall–Kier alpha value is -13.5. The lowest BCUT2D eigenvalue weighted by atomic mass is 9.96. The molecule has 6 heteroatoms. The van der Waals surface area contributed by atoms with Crippen LogP contribution in [0.15, 0.2) is 393 Å². The first-order valence-electron chi connectivity index (χ1n) is 37.4. The van der Waals surface area contributed by atoms with Crippen LogP contribution in [0, 0.1) is 0 Å². The quantitative estimate of drug-likeness (QED) is 0.115. The topological polar surface area (TPSA) is 19.6 Å². The van der Waals surface area contributed by atoms with Crippen molar-refractivity contribution in [3.63, 3.8) is 0 Å². The van der Waals surface area contributed by atoms with Gasteiger partial charge in [-0.05, 0) is 233 Å². The highest BCUT2D eigenvalue weighted by atomic mass is 32.1. The van der Waals surface area contributed by atoms with Crippen LogP contribution in [0.5, 0.6) is 0 Å². The summed E-state index contributed by atoms with van der Waals surface area (Å²) >= 11 is 5.62. The largest absolute Gasteiger partial charge is 0.456 e. The van der Waals surface area contributed by atoms with Crippen LogP contribution in [0.25, 0.3) is 182 Å². The van der Waals surface area contributed by atoms with Crippen molar-refractivity contribution in [1.29, 1.82) is 0 Å². The number of furan rings is 1. The predicted molar refractivity (Wildman–Crippen MR) is 475 cm³/mol. The minimum atomic E-state index is 0.894. The van der Waals surface area contributed by atoms with Crippen molar-refractivity contribution in [3.8, 4) is 77.9 Å². The Kier molecular flexibility index (Phi) is 15.2. The molecule has 110 heavy (non-hydrogen) atoms. The number of fused-ring (bicyclic) bond motifs is 14. The average molecular weight is 1450 g/mol. The second-order valence-electron chi connectivity index (χ2n) is 28.6. The fourth-order valence-electron chi connectivity index (χ4n) is 17.1. The second-order valence-corrected chi connectivity index (χ2v) is 31.8. The molecule has 0 aliphatic rings. The number of nitrogens with zero attached hydrogens (tertiary/aromatic N) is 2. The van der Waals surface area contributed by atoms with E-state index in [0.717, 1.165) is 78.3 Å². The maximum Gasteiger partial charge on any atom is 0.135 e. The summed E-state index contributed by atoms with van der Waals surface area (Å²) < 4.78 is 13.9. The number of benzene rings is 18. The van der Waals surface area contributed by atoms with Gasteiger partial charge in [0.1, 0.15) is 11.2 Å². The Morgan fingerprint density at radius 2 is 0.545 bits per heavy atom. The van der Waals surface area contributed by atoms with E-state index < -0.39 is 0 Å². The summed E-state index contributed by atoms with van der Waals surface area (Å²) in [5.41, 5.74) is 24.9. The van der Waals surface area contributed by atoms with E-state index in [1.54, 1.807) is 0 Å². The van der Waals surface area contributed by atoms with Gasteiger partial charge in [0.25, 0.3) is 0 Å². The number of para-hydroxylation sites is 1. The standard InChI is InChI=1S/C104H64N2OS3/c1-3-30-82-67(18-1)20-13-34-84(82)71-22-9-26-78(58-71)105(80-28-11-24-73(60-80)86-36-16-42-100-102(86)91-33-6-8-41-97(91)108-100)77-53-46-66(47-54-77)70-49-56-98-93(63-70)90-39-15-38-88(104(90)110-98)75-50-57-99-94(64-75)103-87(37-17-43-101(103)109-99)74-25-12-29-81(61-74)106(79-27-10-23-72(59-79)85-35-14-21-68-19-2-4-31-83(68)85)76-51-44-65(45-52-76)69-48-55-96-92(62-69)89-32-5-7-40-95(89)107-96/h1-64H. The van der Waals surface area contributed by atoms with Crippen LogP contribution >= 0.6 is 34.0 Å². The molecule has 0 atom stereocenters. The zero-order valence-corrected chi connectivity index (χ0v) is 61.9. The van der Waals surface area contributed by atoms with Crippen molar-refractivity contribution in [1.82, 2.24) is 0 Å². The van der Waals surface area contributed by atoms with Crippen LogP contribution in [-0.2, 0) is 0 Å². The Bertz CT molecular complexity index is 7430. The minimum absolute atomic E-state index is 0.894. The molecule has 0 aliphatic heterocycles. The van der Waals surface area contributed by atoms with Gasteiger partial charge in [0.2, 0.25) is 0 Å². The highest BCUT2D eigenvalue weighted by Gasteiger charge is 2.23. The second kappa shape index (κ2) is 26.2. The number of rotatable bonds is 13. The molecule has 0 fully saturated rings. The third-order valence-corrected chi connectivity index (χ3v) is 25.7. The van der Waals surface area contributed by atoms with Crippen molar-refractivity contribution in [2.24, 2.45) is 0 Å². The zero-order valence-electron chi connectivity index (χ0n) is 59.5. The van der Waals surface area contributed by atoms with Gasteiger partial charge in [-0.15, -0.1) is 34.0 Å². The van der Waals surface area contributed by atoms with E-state index in [4.69, 9.17) is 4.42 Å². The number of hydrogen-bond donors (Lipinski definition) is 0. The van der Waals surface area contributed by atoms with Gasteiger partial charge in [0.15, 0.2) is 0 Å². The van der Waals surface area contributed by atoms with Crippen molar-refractivity contribution in [2.75, 3.05) is 9.80 Å². The van der Waals surface area contributed by atoms with Crippen molar-refractivity contribution in [2.45, 2.75) is 0 Å². The van der Waals surface area contributed by atoms with Crippen LogP contribution < -0.4 is 9.80 Å². The lowest BCUT2D eigenvalue weighted by Crippen LogP contribution is -2.10. The lowest BCUT2D eigenvalue weighted by molar-refractivity contribution is 0.669. The predicted octanol–water partition coefficient (Wildman–Crippen LogP) is 31.6. The SMILES string of the molecule is c1cc(-c2cccc3ccccc23)cc(N(c2ccc(-c3ccc4sc5c(-c6ccc7sc8cccc(-c9cccc(N(c%10ccc(-c%11ccc%12oc%13ccccc%13c%12c%11)cc%10)c%10cccc(-c%11cccc%12ccccc%11%12)c%10)c9)c8c7c6)cccc5c4c3)cc2)c2cccc(-c3cccc4sc5ccccc5c34)c2)c1. The Labute approximate surface area is 647 Å². The van der Waals surface area contributed by atoms with Gasteiger partial charge in [0, 0.05) is 105 Å². The average Bonchev–Trinajstić information content (AvgIpc) is 1.54. The van der Waals surface area contributed by atoms with E-state index in [1.807, 2.05) is 46.1 Å². The fourth-order valence-corrected chi connectivity index (χ4v) is 20.5. The van der Waals surface area contributed by atoms with Gasteiger partial charge >= 0.3 is 0 Å². The van der Waals surface area contributed by atoms with E-state index in [9.17, 15) is 0 Å². The summed E-state index contributed by atoms with van der Waals surface area (Å²) in [5, 5.41) is 14.8. The molecule has 18 aromatic carbocycles. The normalized spacial score (nSPS) is 11.8. The first-order valence-corrected chi connectivity index (χ1v) is 39.8. The molecule has 0 bridgehead atoms. The molecule has 22 rings (SSSR count). The van der Waals surface area contributed by atoms with Crippen LogP contribution in [0.4, 0.5) is 34.1 Å². The fraction of sp³-hybridized carbons (Fsp3) is 0. The Balaban J connectivity index is 0.609. The van der Waals surface area contributed by atoms with E-state index in [0.29, 0.717) is 0 Å². The van der Waals surface area contributed by atoms with Crippen molar-refractivity contribution in [3.05, 3.63) is 388 Å². The lowest BCUT2D eigenvalue weighted by Gasteiger charge is -2.27. The van der Waals surface area contributed by atoms with Crippen LogP contribution in [0.1, 0.15) is 0 Å². The summed E-state index contributed by atoms with van der Waals surface area (Å²) in [6.45, 7) is 0. The molecule has 22 aromatic rings. The first kappa shape index (κ1) is 63.8. The molecular weight excluding hydrogens is 1390 g/mol. The molecule has 0 unspecified atom stereocenters. The third-order valence-electron chi connectivity index (χ3n) is 22.2. The molecule has 0 N–H and O–H groups in total. The summed E-state index contributed by atoms with van der Waals surface area (Å²) in [6.07, 6.45) is 0. The van der Waals surface area contributed by atoms with E-state index >= 15 is 0 Å². The Morgan fingerprint density at radius 3 is 1.13 bits per heavy atom. The maximum absolute atomic E-state index is 6.25. The molecule has 0 amide bonds. The van der Waals surface area contributed by atoms with Crippen LogP contribution in [-0.4, -0.2) is 0 Å². The van der Waals surface area contributed by atoms with E-state index in [2.05, 4.69) is 386 Å². The number of hydrogen-bond acceptors (Lipinski definition) is 6. The molecule has 514 valence electrons. The van der Waals surface area contributed by atoms with E-state index in [-0.39, 0.29) is 0 Å². The van der Waals surface area contributed by atoms with Crippen molar-refractivity contribution < 1.29 is 4.42 Å². The highest BCUT2D eigenvalue weighted by Crippen LogP contribution is 2.50. The highest BCUT2D eigenvalue weighted by molar-refractivity contribution is 7.27. The van der Waals surface area contributed by atoms with Gasteiger partial charge in [-0.3, -0.25) is 0 Å². The summed E-state index contributed by atoms with van der Waals surface area (Å²) in [6, 6.07) is 144. The van der Waals surface area contributed by atoms with Gasteiger partial charge in [-0.25, -0.2) is 0 Å². The molecule has 0 spiro atoms. The van der Waals surface area contributed by atoms with Gasteiger partial charge in [-0.1, -0.05) is 255 Å². The summed E-state index contributed by atoms with van der Waals surface area (Å²) in [7, 11) is 0. The summed E-state index contributed by atoms with van der Waals surface area (Å²) in [4.78, 5) is 4.84. The smallest absolute Gasteiger partial charge is 0.135 e. The van der Waals surface area contributed by atoms with Gasteiger partial charge in [0.05, 0.1) is 0 Å². The number of thiophene rings is 3. The van der Waals surface area contributed by atoms with Crippen LogP contribution in [0.2, 0.25) is 0 Å². The monoisotopic (exact) mass is 1450 g/mol. The van der Waals surface area contributed by atoms with Crippen molar-refractivity contribution >= 4 is 172 Å². The molecule has 4 heterocycles. The molecular formula is C104H64N2OS3. The van der Waals surface area contributed by atoms with E-state index in [1.165, 1.54) is 138 Å². The van der Waals surface area contributed by atoms with Crippen LogP contribution in [0.3, 0.4) is 0 Å². The number of anilines is 6. The zero-order chi connectivity index (χ0) is 72.3. The van der Waals surface area contributed by atoms with Gasteiger partial charge < -0.3 is 14.2 Å². The maximum atomic E-state index is 6.25. The molecule has 0 radical (unpaired) electrons. The molecule has 0 saturated carbocycles. The molecule has 0 saturated heterocycles. The molecule has 0 aliphatic carbocycles. The van der Waals surface area contributed by atoms with Gasteiger partial charge in [-0.2, -0.15) is 0 Å². The summed E-state index contributed by atoms with van der Waals surface area (Å²) in [5.74, 6) is 0. The molecule has 3 nitrogen and oxygen atoms in total.